The lowest BCUT2D eigenvalue weighted by molar-refractivity contribution is 0.467. The molecule has 0 aliphatic rings. The molecule has 0 heterocycles. The van der Waals surface area contributed by atoms with Gasteiger partial charge in [0.2, 0.25) is 0 Å². The molecule has 1 N–H and O–H groups in total. The average Bonchev–Trinajstić information content (AvgIpc) is 1.69. The van der Waals surface area contributed by atoms with Gasteiger partial charge in [0.25, 0.3) is 0 Å². The average molecular weight is 99.2 g/mol. The minimum atomic E-state index is 0.882. The SMILES string of the molecule is CCCC/[C]=C/O. The van der Waals surface area contributed by atoms with E-state index in [9.17, 15) is 0 Å². The van der Waals surface area contributed by atoms with E-state index in [2.05, 4.69) is 13.0 Å². The molecular weight excluding hydrogens is 88.1 g/mol. The normalized spacial score (nSPS) is 10.4. The van der Waals surface area contributed by atoms with Crippen LogP contribution in [0.5, 0.6) is 0 Å². The fourth-order valence-electron chi connectivity index (χ4n) is 0.343. The van der Waals surface area contributed by atoms with Gasteiger partial charge in [0.05, 0.1) is 6.26 Å². The van der Waals surface area contributed by atoms with Crippen molar-refractivity contribution in [3.63, 3.8) is 0 Å². The van der Waals surface area contributed by atoms with Crippen LogP contribution in [0, 0.1) is 6.08 Å². The Hall–Kier alpha value is -0.460. The minimum Gasteiger partial charge on any atom is -0.515 e. The summed E-state index contributed by atoms with van der Waals surface area (Å²) in [6, 6.07) is 0. The molecule has 0 amide bonds. The van der Waals surface area contributed by atoms with Crippen LogP contribution in [0.1, 0.15) is 26.2 Å². The van der Waals surface area contributed by atoms with Crippen LogP contribution in [0.25, 0.3) is 0 Å². The highest BCUT2D eigenvalue weighted by molar-refractivity contribution is 4.59. The lowest BCUT2D eigenvalue weighted by Gasteiger charge is -1.82. The predicted octanol–water partition coefficient (Wildman–Crippen LogP) is 2.05. The van der Waals surface area contributed by atoms with Crippen LogP contribution in [0.15, 0.2) is 6.26 Å². The molecule has 0 aromatic heterocycles. The third-order valence-electron chi connectivity index (χ3n) is 0.766. The van der Waals surface area contributed by atoms with Crippen LogP contribution in [0.3, 0.4) is 0 Å². The van der Waals surface area contributed by atoms with E-state index in [-0.39, 0.29) is 0 Å². The van der Waals surface area contributed by atoms with Crippen molar-refractivity contribution in [2.75, 3.05) is 0 Å². The summed E-state index contributed by atoms with van der Waals surface area (Å²) >= 11 is 0. The molecule has 0 aromatic carbocycles. The lowest BCUT2D eigenvalue weighted by atomic mass is 10.2. The molecule has 1 heteroatoms. The van der Waals surface area contributed by atoms with Crippen LogP contribution in [0.2, 0.25) is 0 Å². The first-order valence-corrected chi connectivity index (χ1v) is 2.61. The summed E-state index contributed by atoms with van der Waals surface area (Å²) in [6.45, 7) is 2.11. The quantitative estimate of drug-likeness (QED) is 0.424. The summed E-state index contributed by atoms with van der Waals surface area (Å²) in [4.78, 5) is 0. The summed E-state index contributed by atoms with van der Waals surface area (Å²) in [5, 5.41) is 8.06. The van der Waals surface area contributed by atoms with Crippen molar-refractivity contribution in [1.82, 2.24) is 0 Å². The summed E-state index contributed by atoms with van der Waals surface area (Å²) in [5.74, 6) is 0. The zero-order valence-electron chi connectivity index (χ0n) is 4.65. The van der Waals surface area contributed by atoms with Crippen molar-refractivity contribution in [2.45, 2.75) is 26.2 Å². The summed E-state index contributed by atoms with van der Waals surface area (Å²) in [5.41, 5.74) is 0. The van der Waals surface area contributed by atoms with E-state index in [0.717, 1.165) is 19.1 Å². The zero-order valence-corrected chi connectivity index (χ0v) is 4.65. The van der Waals surface area contributed by atoms with Gasteiger partial charge in [-0.2, -0.15) is 0 Å². The maximum Gasteiger partial charge on any atom is 0.0827 e. The van der Waals surface area contributed by atoms with E-state index in [1.165, 1.54) is 6.42 Å². The first-order chi connectivity index (χ1) is 3.41. The number of aliphatic hydroxyl groups is 1. The molecule has 1 nitrogen and oxygen atoms in total. The number of rotatable bonds is 3. The number of allylic oxidation sites excluding steroid dienone is 1. The van der Waals surface area contributed by atoms with Crippen molar-refractivity contribution in [3.8, 4) is 0 Å². The molecule has 0 spiro atoms. The van der Waals surface area contributed by atoms with E-state index in [0.29, 0.717) is 0 Å². The molecule has 0 bridgehead atoms. The lowest BCUT2D eigenvalue weighted by Crippen LogP contribution is -1.65. The molecule has 0 rings (SSSR count). The molecule has 41 valence electrons. The Bertz CT molecular complexity index is 48.1. The number of hydrogen-bond donors (Lipinski definition) is 1. The van der Waals surface area contributed by atoms with Gasteiger partial charge in [-0.3, -0.25) is 0 Å². The number of aliphatic hydroxyl groups excluding tert-OH is 1. The molecule has 0 aromatic rings. The fourth-order valence-corrected chi connectivity index (χ4v) is 0.343. The maximum absolute atomic E-state index is 8.06. The zero-order chi connectivity index (χ0) is 5.54. The van der Waals surface area contributed by atoms with Gasteiger partial charge in [0.1, 0.15) is 0 Å². The Balaban J connectivity index is 2.69. The van der Waals surface area contributed by atoms with Gasteiger partial charge in [0.15, 0.2) is 0 Å². The number of hydrogen-bond acceptors (Lipinski definition) is 1. The summed E-state index contributed by atoms with van der Waals surface area (Å²) < 4.78 is 0. The molecule has 7 heavy (non-hydrogen) atoms. The van der Waals surface area contributed by atoms with Crippen LogP contribution in [-0.2, 0) is 0 Å². The largest absolute Gasteiger partial charge is 0.515 e. The molecule has 0 aliphatic carbocycles. The van der Waals surface area contributed by atoms with E-state index < -0.39 is 0 Å². The molecular formula is C6H11O. The molecule has 1 radical (unpaired) electrons. The molecule has 0 saturated carbocycles. The van der Waals surface area contributed by atoms with Crippen molar-refractivity contribution in [2.24, 2.45) is 0 Å². The Morgan fingerprint density at radius 2 is 2.43 bits per heavy atom. The highest BCUT2D eigenvalue weighted by Crippen LogP contribution is 1.91. The van der Waals surface area contributed by atoms with Gasteiger partial charge in [0, 0.05) is 0 Å². The Morgan fingerprint density at radius 3 is 2.86 bits per heavy atom. The summed E-state index contributed by atoms with van der Waals surface area (Å²) in [7, 11) is 0. The topological polar surface area (TPSA) is 20.2 Å². The molecule has 0 aliphatic heterocycles. The van der Waals surface area contributed by atoms with Gasteiger partial charge in [-0.25, -0.2) is 0 Å². The molecule has 0 saturated heterocycles. The van der Waals surface area contributed by atoms with Crippen LogP contribution >= 0.6 is 0 Å². The van der Waals surface area contributed by atoms with Crippen molar-refractivity contribution in [1.29, 1.82) is 0 Å². The first kappa shape index (κ1) is 6.54. The smallest absolute Gasteiger partial charge is 0.0827 e. The second kappa shape index (κ2) is 5.54. The molecule has 0 atom stereocenters. The number of unbranched alkanes of at least 4 members (excludes halogenated alkanes) is 2. The fraction of sp³-hybridized carbons (Fsp3) is 0.667. The molecule has 0 fully saturated rings. The third-order valence-corrected chi connectivity index (χ3v) is 0.766. The third kappa shape index (κ3) is 5.54. The van der Waals surface area contributed by atoms with E-state index in [1.807, 2.05) is 0 Å². The second-order valence-corrected chi connectivity index (χ2v) is 1.44. The van der Waals surface area contributed by atoms with Gasteiger partial charge >= 0.3 is 0 Å². The highest BCUT2D eigenvalue weighted by Gasteiger charge is 1.74. The van der Waals surface area contributed by atoms with Crippen molar-refractivity contribution in [3.05, 3.63) is 12.3 Å². The highest BCUT2D eigenvalue weighted by atomic mass is 16.2. The second-order valence-electron chi connectivity index (χ2n) is 1.44. The van der Waals surface area contributed by atoms with Gasteiger partial charge in [-0.15, -0.1) is 0 Å². The van der Waals surface area contributed by atoms with Crippen molar-refractivity contribution >= 4 is 0 Å². The van der Waals surface area contributed by atoms with Crippen LogP contribution in [0.4, 0.5) is 0 Å². The van der Waals surface area contributed by atoms with Gasteiger partial charge < -0.3 is 5.11 Å². The van der Waals surface area contributed by atoms with E-state index >= 15 is 0 Å². The predicted molar refractivity (Wildman–Crippen MR) is 30.0 cm³/mol. The maximum atomic E-state index is 8.06. The van der Waals surface area contributed by atoms with E-state index in [4.69, 9.17) is 5.11 Å². The van der Waals surface area contributed by atoms with Gasteiger partial charge in [-0.1, -0.05) is 13.3 Å². The van der Waals surface area contributed by atoms with Crippen LogP contribution < -0.4 is 0 Å². The Labute approximate surface area is 44.7 Å². The van der Waals surface area contributed by atoms with Gasteiger partial charge in [-0.05, 0) is 18.9 Å². The van der Waals surface area contributed by atoms with Crippen LogP contribution in [-0.4, -0.2) is 5.11 Å². The first-order valence-electron chi connectivity index (χ1n) is 2.61. The Kier molecular flexibility index (Phi) is 5.18. The van der Waals surface area contributed by atoms with Crippen molar-refractivity contribution < 1.29 is 5.11 Å². The minimum absolute atomic E-state index is 0.882. The standard InChI is InChI=1S/C6H11O/c1-2-3-4-5-6-7/h6-7H,2-4H2,1H3. The monoisotopic (exact) mass is 99.1 g/mol. The Morgan fingerprint density at radius 1 is 1.71 bits per heavy atom. The van der Waals surface area contributed by atoms with E-state index in [1.54, 1.807) is 0 Å². The summed E-state index contributed by atoms with van der Waals surface area (Å²) in [6.07, 6.45) is 6.83. The molecule has 0 unspecified atom stereocenters.